The van der Waals surface area contributed by atoms with Crippen LogP contribution >= 0.6 is 23.4 Å². The molecule has 1 aliphatic heterocycles. The molecule has 1 unspecified atom stereocenters. The fourth-order valence-corrected chi connectivity index (χ4v) is 3.50. The van der Waals surface area contributed by atoms with Gasteiger partial charge in [0.25, 0.3) is 0 Å². The Morgan fingerprint density at radius 2 is 2.18 bits per heavy atom. The second-order valence-corrected chi connectivity index (χ2v) is 6.74. The summed E-state index contributed by atoms with van der Waals surface area (Å²) in [5.41, 5.74) is 0. The number of benzene rings is 1. The van der Waals surface area contributed by atoms with Crippen LogP contribution in [0.3, 0.4) is 0 Å². The van der Waals surface area contributed by atoms with Crippen LogP contribution in [-0.2, 0) is 4.79 Å². The average molecular weight is 337 g/mol. The number of hydrogen-bond acceptors (Lipinski definition) is 4. The highest BCUT2D eigenvalue weighted by molar-refractivity contribution is 8.00. The van der Waals surface area contributed by atoms with E-state index < -0.39 is 0 Å². The van der Waals surface area contributed by atoms with Gasteiger partial charge in [0.05, 0.1) is 11.8 Å². The smallest absolute Gasteiger partial charge is 0.233 e. The molecule has 2 heterocycles. The summed E-state index contributed by atoms with van der Waals surface area (Å²) in [4.78, 5) is 19.4. The third kappa shape index (κ3) is 3.81. The Hall–Kier alpha value is -1.53. The number of hydrogen-bond donors (Lipinski definition) is 0. The van der Waals surface area contributed by atoms with Crippen LogP contribution in [-0.4, -0.2) is 44.4 Å². The molecule has 0 N–H and O–H groups in total. The lowest BCUT2D eigenvalue weighted by molar-refractivity contribution is -0.130. The van der Waals surface area contributed by atoms with Crippen LogP contribution in [0.4, 0.5) is 0 Å². The molecule has 7 heteroatoms. The van der Waals surface area contributed by atoms with Crippen molar-refractivity contribution < 1.29 is 4.79 Å². The minimum absolute atomic E-state index is 0.171. The van der Waals surface area contributed by atoms with E-state index >= 15 is 0 Å². The van der Waals surface area contributed by atoms with Crippen molar-refractivity contribution in [2.75, 3.05) is 18.8 Å². The molecule has 0 saturated carbocycles. The highest BCUT2D eigenvalue weighted by Crippen LogP contribution is 2.24. The summed E-state index contributed by atoms with van der Waals surface area (Å²) in [6, 6.07) is 7.80. The van der Waals surface area contributed by atoms with Crippen molar-refractivity contribution in [2.45, 2.75) is 23.8 Å². The summed E-state index contributed by atoms with van der Waals surface area (Å²) in [6.07, 6.45) is 5.30. The first kappa shape index (κ1) is 15.4. The molecular formula is C15H17ClN4OS. The lowest BCUT2D eigenvalue weighted by Crippen LogP contribution is -2.41. The summed E-state index contributed by atoms with van der Waals surface area (Å²) < 4.78 is 1.85. The van der Waals surface area contributed by atoms with E-state index in [0.29, 0.717) is 17.3 Å². The predicted molar refractivity (Wildman–Crippen MR) is 87.0 cm³/mol. The molecule has 2 aromatic rings. The number of carbonyl (C=O) groups excluding carboxylic acids is 1. The van der Waals surface area contributed by atoms with Gasteiger partial charge in [-0.25, -0.2) is 9.67 Å². The number of likely N-dealkylation sites (tertiary alicyclic amines) is 1. The fourth-order valence-electron chi connectivity index (χ4n) is 2.57. The fraction of sp³-hybridized carbons (Fsp3) is 0.400. The number of amides is 1. The molecule has 116 valence electrons. The Morgan fingerprint density at radius 1 is 1.36 bits per heavy atom. The third-order valence-electron chi connectivity index (χ3n) is 3.74. The Balaban J connectivity index is 1.54. The van der Waals surface area contributed by atoms with Gasteiger partial charge < -0.3 is 4.90 Å². The van der Waals surface area contributed by atoms with Gasteiger partial charge in [-0.1, -0.05) is 11.6 Å². The average Bonchev–Trinajstić information content (AvgIpc) is 3.09. The molecule has 1 aromatic carbocycles. The van der Waals surface area contributed by atoms with Crippen LogP contribution in [0.2, 0.25) is 5.02 Å². The maximum absolute atomic E-state index is 12.4. The number of nitrogens with zero attached hydrogens (tertiary/aromatic N) is 4. The van der Waals surface area contributed by atoms with Crippen molar-refractivity contribution in [3.63, 3.8) is 0 Å². The Kier molecular flexibility index (Phi) is 5.00. The molecule has 1 aliphatic rings. The van der Waals surface area contributed by atoms with Crippen LogP contribution in [0.15, 0.2) is 41.8 Å². The summed E-state index contributed by atoms with van der Waals surface area (Å²) in [6.45, 7) is 1.54. The molecule has 1 aromatic heterocycles. The molecule has 3 rings (SSSR count). The Labute approximate surface area is 138 Å². The van der Waals surface area contributed by atoms with Crippen molar-refractivity contribution in [2.24, 2.45) is 0 Å². The largest absolute Gasteiger partial charge is 0.340 e. The highest BCUT2D eigenvalue weighted by Gasteiger charge is 2.25. The number of halogens is 1. The van der Waals surface area contributed by atoms with Crippen LogP contribution in [0.5, 0.6) is 0 Å². The predicted octanol–water partition coefficient (Wildman–Crippen LogP) is 2.89. The molecule has 0 bridgehead atoms. The lowest BCUT2D eigenvalue weighted by Gasteiger charge is -2.32. The van der Waals surface area contributed by atoms with E-state index in [1.807, 2.05) is 33.8 Å². The zero-order valence-electron chi connectivity index (χ0n) is 12.1. The molecule has 1 amide bonds. The van der Waals surface area contributed by atoms with Crippen LogP contribution in [0.25, 0.3) is 0 Å². The van der Waals surface area contributed by atoms with Gasteiger partial charge in [-0.2, -0.15) is 5.10 Å². The first-order valence-electron chi connectivity index (χ1n) is 7.22. The highest BCUT2D eigenvalue weighted by atomic mass is 35.5. The van der Waals surface area contributed by atoms with Crippen molar-refractivity contribution in [3.8, 4) is 0 Å². The van der Waals surface area contributed by atoms with Crippen molar-refractivity contribution in [1.29, 1.82) is 0 Å². The van der Waals surface area contributed by atoms with Gasteiger partial charge in [0, 0.05) is 23.0 Å². The monoisotopic (exact) mass is 336 g/mol. The lowest BCUT2D eigenvalue weighted by atomic mass is 10.1. The van der Waals surface area contributed by atoms with Crippen molar-refractivity contribution in [3.05, 3.63) is 41.9 Å². The SMILES string of the molecule is O=C(CSc1ccc(Cl)cc1)N1CCCC(n2cncn2)C1. The first-order chi connectivity index (χ1) is 10.7. The Bertz CT molecular complexity index is 617. The zero-order valence-corrected chi connectivity index (χ0v) is 13.6. The van der Waals surface area contributed by atoms with Crippen LogP contribution in [0, 0.1) is 0 Å². The number of thioether (sulfide) groups is 1. The molecular weight excluding hydrogens is 320 g/mol. The molecule has 0 spiro atoms. The number of piperidine rings is 1. The molecule has 0 radical (unpaired) electrons. The minimum atomic E-state index is 0.171. The molecule has 0 aliphatic carbocycles. The topological polar surface area (TPSA) is 51.0 Å². The van der Waals surface area contributed by atoms with Gasteiger partial charge in [-0.05, 0) is 37.1 Å². The quantitative estimate of drug-likeness (QED) is 0.806. The van der Waals surface area contributed by atoms with E-state index in [2.05, 4.69) is 10.1 Å². The van der Waals surface area contributed by atoms with E-state index in [0.717, 1.165) is 24.3 Å². The number of carbonyl (C=O) groups is 1. The van der Waals surface area contributed by atoms with Gasteiger partial charge in [-0.3, -0.25) is 4.79 Å². The zero-order chi connectivity index (χ0) is 15.4. The summed E-state index contributed by atoms with van der Waals surface area (Å²) in [7, 11) is 0. The van der Waals surface area contributed by atoms with Crippen LogP contribution in [0.1, 0.15) is 18.9 Å². The summed E-state index contributed by atoms with van der Waals surface area (Å²) in [5.74, 6) is 0.621. The van der Waals surface area contributed by atoms with Gasteiger partial charge in [0.2, 0.25) is 5.91 Å². The van der Waals surface area contributed by atoms with Gasteiger partial charge >= 0.3 is 0 Å². The number of aromatic nitrogens is 3. The standard InChI is InChI=1S/C15H17ClN4OS/c16-12-3-5-14(6-4-12)22-9-15(21)19-7-1-2-13(8-19)20-11-17-10-18-20/h3-6,10-11,13H,1-2,7-9H2. The first-order valence-corrected chi connectivity index (χ1v) is 8.59. The normalized spacial score (nSPS) is 18.4. The summed E-state index contributed by atoms with van der Waals surface area (Å²) in [5, 5.41) is 4.90. The van der Waals surface area contributed by atoms with E-state index in [-0.39, 0.29) is 11.9 Å². The molecule has 1 saturated heterocycles. The van der Waals surface area contributed by atoms with Crippen molar-refractivity contribution >= 4 is 29.3 Å². The van der Waals surface area contributed by atoms with E-state index in [9.17, 15) is 4.79 Å². The van der Waals surface area contributed by atoms with E-state index in [4.69, 9.17) is 11.6 Å². The molecule has 1 atom stereocenters. The third-order valence-corrected chi connectivity index (χ3v) is 4.98. The molecule has 22 heavy (non-hydrogen) atoms. The van der Waals surface area contributed by atoms with E-state index in [1.165, 1.54) is 6.33 Å². The second-order valence-electron chi connectivity index (χ2n) is 5.25. The number of rotatable bonds is 4. The van der Waals surface area contributed by atoms with Gasteiger partial charge in [-0.15, -0.1) is 11.8 Å². The van der Waals surface area contributed by atoms with Gasteiger partial charge in [0.15, 0.2) is 0 Å². The minimum Gasteiger partial charge on any atom is -0.340 e. The van der Waals surface area contributed by atoms with Crippen molar-refractivity contribution in [1.82, 2.24) is 19.7 Å². The maximum atomic E-state index is 12.4. The molecule has 1 fully saturated rings. The molecule has 5 nitrogen and oxygen atoms in total. The summed E-state index contributed by atoms with van der Waals surface area (Å²) >= 11 is 7.41. The van der Waals surface area contributed by atoms with Gasteiger partial charge in [0.1, 0.15) is 12.7 Å². The Morgan fingerprint density at radius 3 is 2.91 bits per heavy atom. The maximum Gasteiger partial charge on any atom is 0.233 e. The van der Waals surface area contributed by atoms with E-state index in [1.54, 1.807) is 18.1 Å². The second kappa shape index (κ2) is 7.15. The van der Waals surface area contributed by atoms with Crippen LogP contribution < -0.4 is 0 Å².